The van der Waals surface area contributed by atoms with Gasteiger partial charge in [0.05, 0.1) is 5.54 Å². The fourth-order valence-electron chi connectivity index (χ4n) is 3.28. The molecule has 0 heterocycles. The Hall–Kier alpha value is -2.38. The van der Waals surface area contributed by atoms with Gasteiger partial charge < -0.3 is 5.73 Å². The third-order valence-electron chi connectivity index (χ3n) is 4.22. The highest BCUT2D eigenvalue weighted by atomic mass is 14.8. The van der Waals surface area contributed by atoms with Gasteiger partial charge >= 0.3 is 0 Å². The van der Waals surface area contributed by atoms with E-state index in [0.717, 1.165) is 5.56 Å². The summed E-state index contributed by atoms with van der Waals surface area (Å²) in [6.07, 6.45) is 0. The standard InChI is InChI=1S/C19H15N/c20-19(14-8-2-1-3-9-14)17-12-6-4-10-15(17)16-11-5-7-13-18(16)19/h1-13H,20H2. The number of rotatable bonds is 1. The molecule has 2 N–H and O–H groups in total. The fourth-order valence-corrected chi connectivity index (χ4v) is 3.28. The molecule has 0 bridgehead atoms. The van der Waals surface area contributed by atoms with Gasteiger partial charge in [-0.25, -0.2) is 0 Å². The van der Waals surface area contributed by atoms with Gasteiger partial charge in [0.1, 0.15) is 0 Å². The zero-order valence-corrected chi connectivity index (χ0v) is 11.1. The van der Waals surface area contributed by atoms with Crippen LogP contribution in [0.15, 0.2) is 78.9 Å². The molecule has 0 atom stereocenters. The van der Waals surface area contributed by atoms with Crippen LogP contribution in [0.5, 0.6) is 0 Å². The summed E-state index contributed by atoms with van der Waals surface area (Å²) in [4.78, 5) is 0. The van der Waals surface area contributed by atoms with Crippen LogP contribution in [0.3, 0.4) is 0 Å². The zero-order valence-electron chi connectivity index (χ0n) is 11.1. The lowest BCUT2D eigenvalue weighted by atomic mass is 9.82. The largest absolute Gasteiger partial charge is 0.314 e. The first-order valence-electron chi connectivity index (χ1n) is 6.85. The Morgan fingerprint density at radius 1 is 0.550 bits per heavy atom. The molecule has 0 unspecified atom stereocenters. The van der Waals surface area contributed by atoms with Gasteiger partial charge in [-0.05, 0) is 27.8 Å². The summed E-state index contributed by atoms with van der Waals surface area (Å²) in [6.45, 7) is 0. The van der Waals surface area contributed by atoms with E-state index in [4.69, 9.17) is 5.73 Å². The Bertz CT molecular complexity index is 729. The van der Waals surface area contributed by atoms with E-state index in [9.17, 15) is 0 Å². The first-order chi connectivity index (χ1) is 9.82. The van der Waals surface area contributed by atoms with Gasteiger partial charge in [0.15, 0.2) is 0 Å². The molecule has 3 aromatic rings. The van der Waals surface area contributed by atoms with Crippen LogP contribution in [0.25, 0.3) is 11.1 Å². The average Bonchev–Trinajstić information content (AvgIpc) is 2.80. The number of fused-ring (bicyclic) bond motifs is 3. The molecule has 0 aromatic heterocycles. The topological polar surface area (TPSA) is 26.0 Å². The molecule has 1 aliphatic rings. The molecule has 1 nitrogen and oxygen atoms in total. The van der Waals surface area contributed by atoms with Crippen molar-refractivity contribution in [2.24, 2.45) is 5.73 Å². The van der Waals surface area contributed by atoms with Gasteiger partial charge in [-0.3, -0.25) is 0 Å². The molecule has 0 amide bonds. The summed E-state index contributed by atoms with van der Waals surface area (Å²) in [7, 11) is 0. The van der Waals surface area contributed by atoms with E-state index in [1.165, 1.54) is 22.3 Å². The van der Waals surface area contributed by atoms with Crippen molar-refractivity contribution < 1.29 is 0 Å². The number of nitrogens with two attached hydrogens (primary N) is 1. The van der Waals surface area contributed by atoms with Gasteiger partial charge in [0, 0.05) is 0 Å². The summed E-state index contributed by atoms with van der Waals surface area (Å²) in [5, 5.41) is 0. The molecule has 1 heteroatoms. The Balaban J connectivity index is 2.10. The Labute approximate surface area is 118 Å². The van der Waals surface area contributed by atoms with Crippen molar-refractivity contribution in [2.45, 2.75) is 5.54 Å². The van der Waals surface area contributed by atoms with Crippen LogP contribution in [-0.2, 0) is 5.54 Å². The van der Waals surface area contributed by atoms with Crippen molar-refractivity contribution in [3.8, 4) is 11.1 Å². The number of hydrogen-bond acceptors (Lipinski definition) is 1. The highest BCUT2D eigenvalue weighted by Gasteiger charge is 2.40. The van der Waals surface area contributed by atoms with E-state index in [0.29, 0.717) is 0 Å². The molecular weight excluding hydrogens is 242 g/mol. The minimum atomic E-state index is -0.547. The van der Waals surface area contributed by atoms with Crippen molar-refractivity contribution in [2.75, 3.05) is 0 Å². The minimum absolute atomic E-state index is 0.547. The van der Waals surface area contributed by atoms with Crippen LogP contribution in [0, 0.1) is 0 Å². The predicted octanol–water partition coefficient (Wildman–Crippen LogP) is 3.92. The van der Waals surface area contributed by atoms with E-state index in [1.54, 1.807) is 0 Å². The molecule has 4 rings (SSSR count). The molecule has 20 heavy (non-hydrogen) atoms. The van der Waals surface area contributed by atoms with Crippen LogP contribution >= 0.6 is 0 Å². The van der Waals surface area contributed by atoms with Crippen molar-refractivity contribution in [1.29, 1.82) is 0 Å². The quantitative estimate of drug-likeness (QED) is 0.702. The zero-order chi connectivity index (χ0) is 13.6. The fraction of sp³-hybridized carbons (Fsp3) is 0.0526. The highest BCUT2D eigenvalue weighted by molar-refractivity contribution is 5.82. The summed E-state index contributed by atoms with van der Waals surface area (Å²) in [6, 6.07) is 27.2. The van der Waals surface area contributed by atoms with Gasteiger partial charge in [0.2, 0.25) is 0 Å². The van der Waals surface area contributed by atoms with Crippen molar-refractivity contribution >= 4 is 0 Å². The SMILES string of the molecule is NC1(c2ccccc2)c2ccccc2-c2ccccc21. The van der Waals surface area contributed by atoms with Crippen molar-refractivity contribution in [3.05, 3.63) is 95.6 Å². The minimum Gasteiger partial charge on any atom is -0.314 e. The molecule has 0 saturated carbocycles. The van der Waals surface area contributed by atoms with Crippen LogP contribution in [-0.4, -0.2) is 0 Å². The smallest absolute Gasteiger partial charge is 0.0935 e. The summed E-state index contributed by atoms with van der Waals surface area (Å²) in [5.41, 5.74) is 12.4. The third kappa shape index (κ3) is 1.36. The van der Waals surface area contributed by atoms with E-state index in [2.05, 4.69) is 60.7 Å². The lowest BCUT2D eigenvalue weighted by Crippen LogP contribution is -2.37. The predicted molar refractivity (Wildman–Crippen MR) is 82.4 cm³/mol. The summed E-state index contributed by atoms with van der Waals surface area (Å²) >= 11 is 0. The van der Waals surface area contributed by atoms with Crippen LogP contribution < -0.4 is 5.73 Å². The van der Waals surface area contributed by atoms with E-state index >= 15 is 0 Å². The normalized spacial score (nSPS) is 14.7. The van der Waals surface area contributed by atoms with E-state index in [-0.39, 0.29) is 0 Å². The van der Waals surface area contributed by atoms with Gasteiger partial charge in [-0.2, -0.15) is 0 Å². The second-order valence-electron chi connectivity index (χ2n) is 5.27. The molecule has 1 aliphatic carbocycles. The number of hydrogen-bond donors (Lipinski definition) is 1. The average molecular weight is 257 g/mol. The molecule has 96 valence electrons. The lowest BCUT2D eigenvalue weighted by molar-refractivity contribution is 0.672. The van der Waals surface area contributed by atoms with Gasteiger partial charge in [-0.15, -0.1) is 0 Å². The second kappa shape index (κ2) is 4.06. The first-order valence-corrected chi connectivity index (χ1v) is 6.85. The summed E-state index contributed by atoms with van der Waals surface area (Å²) in [5.74, 6) is 0. The number of benzene rings is 3. The van der Waals surface area contributed by atoms with Crippen LogP contribution in [0.4, 0.5) is 0 Å². The van der Waals surface area contributed by atoms with E-state index in [1.807, 2.05) is 18.2 Å². The molecule has 0 fully saturated rings. The maximum atomic E-state index is 6.90. The van der Waals surface area contributed by atoms with Crippen LogP contribution in [0.2, 0.25) is 0 Å². The lowest BCUT2D eigenvalue weighted by Gasteiger charge is -2.27. The Morgan fingerprint density at radius 3 is 1.55 bits per heavy atom. The third-order valence-corrected chi connectivity index (χ3v) is 4.22. The molecule has 0 aliphatic heterocycles. The van der Waals surface area contributed by atoms with E-state index < -0.39 is 5.54 Å². The maximum Gasteiger partial charge on any atom is 0.0935 e. The molecule has 0 spiro atoms. The Kier molecular flexibility index (Phi) is 2.32. The van der Waals surface area contributed by atoms with Crippen molar-refractivity contribution in [3.63, 3.8) is 0 Å². The highest BCUT2D eigenvalue weighted by Crippen LogP contribution is 2.48. The maximum absolute atomic E-state index is 6.90. The molecular formula is C19H15N. The Morgan fingerprint density at radius 2 is 1.00 bits per heavy atom. The van der Waals surface area contributed by atoms with Crippen molar-refractivity contribution in [1.82, 2.24) is 0 Å². The molecule has 0 radical (unpaired) electrons. The monoisotopic (exact) mass is 257 g/mol. The molecule has 3 aromatic carbocycles. The summed E-state index contributed by atoms with van der Waals surface area (Å²) < 4.78 is 0. The van der Waals surface area contributed by atoms with Gasteiger partial charge in [-0.1, -0.05) is 78.9 Å². The molecule has 0 saturated heterocycles. The van der Waals surface area contributed by atoms with Crippen LogP contribution in [0.1, 0.15) is 16.7 Å². The second-order valence-corrected chi connectivity index (χ2v) is 5.27. The first kappa shape index (κ1) is 11.4. The van der Waals surface area contributed by atoms with Gasteiger partial charge in [0.25, 0.3) is 0 Å².